The maximum Gasteiger partial charge on any atom is 0.248 e. The van der Waals surface area contributed by atoms with Gasteiger partial charge in [0.05, 0.1) is 0 Å². The monoisotopic (exact) mass is 1660 g/mol. The molecule has 3 N–H and O–H groups in total. The van der Waals surface area contributed by atoms with Gasteiger partial charge in [0.25, 0.3) is 0 Å². The van der Waals surface area contributed by atoms with Crippen molar-refractivity contribution in [3.8, 4) is 23.4 Å². The highest BCUT2D eigenvalue weighted by molar-refractivity contribution is 5.35. The van der Waals surface area contributed by atoms with Crippen LogP contribution in [0.2, 0.25) is 0 Å². The molecule has 13 rings (SSSR count). The van der Waals surface area contributed by atoms with Crippen LogP contribution >= 0.6 is 0 Å². The third-order valence-electron chi connectivity index (χ3n) is 18.8. The van der Waals surface area contributed by atoms with Crippen LogP contribution in [0.1, 0.15) is 260 Å². The second kappa shape index (κ2) is 48.2. The van der Waals surface area contributed by atoms with Crippen LogP contribution in [-0.2, 0) is 74.8 Å². The summed E-state index contributed by atoms with van der Waals surface area (Å²) in [5.74, 6) is 3.45. The zero-order valence-corrected chi connectivity index (χ0v) is 79.0. The Morgan fingerprint density at radius 2 is 0.732 bits per heavy atom. The van der Waals surface area contributed by atoms with E-state index in [1.54, 1.807) is 30.7 Å². The van der Waals surface area contributed by atoms with Gasteiger partial charge in [-0.3, -0.25) is 24.7 Å². The first-order valence-corrected chi connectivity index (χ1v) is 42.7. The molecule has 0 atom stereocenters. The van der Waals surface area contributed by atoms with Gasteiger partial charge in [0.1, 0.15) is 24.8 Å². The highest BCUT2D eigenvalue weighted by Crippen LogP contribution is 2.32. The summed E-state index contributed by atoms with van der Waals surface area (Å²) in [6.07, 6.45) is 15.0. The van der Waals surface area contributed by atoms with Crippen molar-refractivity contribution in [2.24, 2.45) is 0 Å². The molecule has 14 heteroatoms. The molecule has 14 nitrogen and oxygen atoms in total. The van der Waals surface area contributed by atoms with E-state index in [2.05, 4.69) is 318 Å². The predicted molar refractivity (Wildman–Crippen MR) is 516 cm³/mol. The second-order valence-electron chi connectivity index (χ2n) is 39.4. The normalized spacial score (nSPS) is 11.4. The summed E-state index contributed by atoms with van der Waals surface area (Å²) >= 11 is 0. The summed E-state index contributed by atoms with van der Waals surface area (Å²) in [6.45, 7) is 59.3. The number of pyridine rings is 9. The molecule has 0 unspecified atom stereocenters. The lowest BCUT2D eigenvalue weighted by molar-refractivity contribution is 0.285. The number of nitrogens with zero attached hydrogens (tertiary/aromatic N) is 8. The number of ether oxygens (including phenoxy) is 3. The van der Waals surface area contributed by atoms with E-state index in [1.807, 2.05) is 176 Å². The summed E-state index contributed by atoms with van der Waals surface area (Å²) in [7, 11) is 0. The molecule has 0 aliphatic carbocycles. The van der Waals surface area contributed by atoms with Gasteiger partial charge in [0.2, 0.25) is 23.2 Å². The molecule has 652 valence electrons. The van der Waals surface area contributed by atoms with Crippen LogP contribution in [0.3, 0.4) is 0 Å². The summed E-state index contributed by atoms with van der Waals surface area (Å²) in [6, 6.07) is 86.0. The number of nitrogen functional groups attached to an aromatic ring is 1. The fourth-order valence-corrected chi connectivity index (χ4v) is 11.1. The number of hydrogen-bond donors (Lipinski definition) is 2. The van der Waals surface area contributed by atoms with E-state index in [1.165, 1.54) is 39.7 Å². The molecule has 0 saturated heterocycles. The van der Waals surface area contributed by atoms with Gasteiger partial charge < -0.3 is 24.9 Å². The average Bonchev–Trinajstić information content (AvgIpc) is 0.835. The number of aromatic nitrogens is 9. The molecule has 0 spiro atoms. The van der Waals surface area contributed by atoms with Crippen molar-refractivity contribution >= 4 is 5.82 Å². The van der Waals surface area contributed by atoms with Gasteiger partial charge >= 0.3 is 0 Å². The fourth-order valence-electron chi connectivity index (χ4n) is 11.1. The number of para-hydroxylation sites is 1. The van der Waals surface area contributed by atoms with Crippen molar-refractivity contribution in [3.05, 3.63) is 388 Å². The number of nitrogens with two attached hydrogens (primary N) is 1. The number of aromatic amines is 1. The molecule has 0 radical (unpaired) electrons. The number of nitrogens with one attached hydrogen (secondary N) is 1. The Kier molecular flexibility index (Phi) is 39.9. The molecule has 9 aromatic heterocycles. The van der Waals surface area contributed by atoms with Crippen LogP contribution in [0.15, 0.2) is 309 Å². The van der Waals surface area contributed by atoms with Gasteiger partial charge in [-0.1, -0.05) is 351 Å². The van der Waals surface area contributed by atoms with E-state index < -0.39 is 0 Å². The van der Waals surface area contributed by atoms with E-state index in [4.69, 9.17) is 24.9 Å². The van der Waals surface area contributed by atoms with Crippen LogP contribution in [-0.4, -0.2) is 44.9 Å². The van der Waals surface area contributed by atoms with Crippen molar-refractivity contribution < 1.29 is 14.2 Å². The third-order valence-corrected chi connectivity index (χ3v) is 18.8. The molecule has 13 aromatic rings. The van der Waals surface area contributed by atoms with Crippen molar-refractivity contribution in [2.45, 2.75) is 262 Å². The number of benzene rings is 4. The number of anilines is 1. The maximum atomic E-state index is 10.9. The van der Waals surface area contributed by atoms with Crippen molar-refractivity contribution in [2.75, 3.05) is 5.73 Å². The van der Waals surface area contributed by atoms with Crippen LogP contribution in [0.25, 0.3) is 0 Å². The highest BCUT2D eigenvalue weighted by atomic mass is 16.5. The smallest absolute Gasteiger partial charge is 0.248 e. The summed E-state index contributed by atoms with van der Waals surface area (Å²) in [5, 5.41) is 0. The third kappa shape index (κ3) is 40.6. The Labute approximate surface area is 739 Å². The first-order chi connectivity index (χ1) is 57.5. The van der Waals surface area contributed by atoms with Crippen LogP contribution in [0.4, 0.5) is 5.82 Å². The van der Waals surface area contributed by atoms with E-state index >= 15 is 0 Å². The molecule has 0 fully saturated rings. The van der Waals surface area contributed by atoms with Crippen molar-refractivity contribution in [1.82, 2.24) is 44.9 Å². The lowest BCUT2D eigenvalue weighted by Gasteiger charge is -2.21. The summed E-state index contributed by atoms with van der Waals surface area (Å²) in [4.78, 5) is 48.2. The van der Waals surface area contributed by atoms with Crippen molar-refractivity contribution in [3.63, 3.8) is 0 Å². The Morgan fingerprint density at radius 3 is 1.14 bits per heavy atom. The number of rotatable bonds is 11. The molecule has 0 aliphatic heterocycles. The van der Waals surface area contributed by atoms with Gasteiger partial charge in [-0.05, 0) is 147 Å². The van der Waals surface area contributed by atoms with Gasteiger partial charge in [0, 0.05) is 128 Å². The first-order valence-electron chi connectivity index (χ1n) is 42.7. The van der Waals surface area contributed by atoms with Gasteiger partial charge in [-0.15, -0.1) is 0 Å². The largest absolute Gasteiger partial charge is 0.473 e. The predicted octanol–water partition coefficient (Wildman–Crippen LogP) is 27.0. The topological polar surface area (TPSA) is 190 Å². The molecular formula is C109H142N10O4. The van der Waals surface area contributed by atoms with E-state index in [9.17, 15) is 4.79 Å². The zero-order valence-electron chi connectivity index (χ0n) is 79.0. The lowest BCUT2D eigenvalue weighted by Crippen LogP contribution is -2.18. The Hall–Kier alpha value is -11.8. The van der Waals surface area contributed by atoms with Crippen molar-refractivity contribution in [1.29, 1.82) is 0 Å². The van der Waals surface area contributed by atoms with E-state index in [-0.39, 0.29) is 54.3 Å². The molecule has 123 heavy (non-hydrogen) atoms. The van der Waals surface area contributed by atoms with Gasteiger partial charge in [-0.25, -0.2) is 19.9 Å². The molecule has 4 aromatic carbocycles. The van der Waals surface area contributed by atoms with Crippen LogP contribution in [0, 0.1) is 0 Å². The quantitative estimate of drug-likeness (QED) is 0.125. The Morgan fingerprint density at radius 1 is 0.301 bits per heavy atom. The molecular weight excluding hydrogens is 1510 g/mol. The average molecular weight is 1660 g/mol. The molecule has 0 amide bonds. The number of hydrogen-bond acceptors (Lipinski definition) is 13. The Balaban J connectivity index is 0.000000249. The van der Waals surface area contributed by atoms with E-state index in [0.29, 0.717) is 30.8 Å². The minimum atomic E-state index is -0.0302. The summed E-state index contributed by atoms with van der Waals surface area (Å²) < 4.78 is 17.2. The lowest BCUT2D eigenvalue weighted by atomic mass is 9.88. The van der Waals surface area contributed by atoms with Gasteiger partial charge in [0.15, 0.2) is 0 Å². The van der Waals surface area contributed by atoms with Crippen LogP contribution < -0.4 is 25.5 Å². The molecule has 0 aliphatic rings. The summed E-state index contributed by atoms with van der Waals surface area (Å²) in [5.41, 5.74) is 21.8. The number of aryl methyl sites for hydroxylation is 2. The second-order valence-corrected chi connectivity index (χ2v) is 39.4. The minimum absolute atomic E-state index is 0.0282. The standard InChI is InChI=1S/C17H21N.2C16H19NO.C15H17NO.C9H14N2.C9H13NO.3C9H13N/c1-17(2,3)16-11-7-10-15(18-16)13-12-14-8-5-4-6-9-14;1-16(2,3)14-10-7-11-17-15(14)18-12-13-8-5-4-6-9-13;1-16(2,3)14-9-10-15(17-11-14)18-12-13-7-5-4-6-8-13;1-15(2,3)13-10-7-11-14(16-13)17-12-8-5-4-6-9-12;1-9(2,3)7-5-4-6-8(10)11-7;1-9(2,3)7-5-4-6-8(11)10-7;2*1-9(2,3)8-5-4-6-10-7-8;1-9(2,3)8-6-4-5-7-10-8/h4-11H,12-13H2,1-3H3;2*4-11H,12H2,1-3H3;4-11H,1-3H3;4-6H,1-3H3,(H2,10,11);4-6H,1-3H3,(H,10,11);3*4-7H,1-3H3. The van der Waals surface area contributed by atoms with E-state index in [0.717, 1.165) is 63.9 Å². The molecule has 0 bridgehead atoms. The maximum absolute atomic E-state index is 10.9. The van der Waals surface area contributed by atoms with Crippen LogP contribution in [0.5, 0.6) is 23.4 Å². The zero-order chi connectivity index (χ0) is 91.1. The number of H-pyrrole nitrogens is 1. The molecule has 9 heterocycles. The first kappa shape index (κ1) is 102. The fraction of sp³-hybridized carbons (Fsp3) is 0.367. The van der Waals surface area contributed by atoms with Gasteiger partial charge in [-0.2, -0.15) is 0 Å². The molecule has 0 saturated carbocycles. The minimum Gasteiger partial charge on any atom is -0.473 e. The highest BCUT2D eigenvalue weighted by Gasteiger charge is 2.22. The SMILES string of the molecule is CC(C)(C)c1ccc(OCc2ccccc2)nc1.CC(C)(C)c1cccc(=O)[nH]1.CC(C)(C)c1cccc(CCc2ccccc2)n1.CC(C)(C)c1cccc(N)n1.CC(C)(C)c1cccc(Oc2ccccc2)n1.CC(C)(C)c1ccccn1.CC(C)(C)c1cccnc1.CC(C)(C)c1cccnc1.CC(C)(C)c1cccnc1OCc1ccccc1. The Bertz CT molecular complexity index is 5010.